The summed E-state index contributed by atoms with van der Waals surface area (Å²) in [6.07, 6.45) is -3.02. The monoisotopic (exact) mass is 526 g/mol. The summed E-state index contributed by atoms with van der Waals surface area (Å²) in [5.74, 6) is -3.08. The van der Waals surface area contributed by atoms with Crippen LogP contribution in [-0.2, 0) is 20.9 Å². The van der Waals surface area contributed by atoms with Crippen molar-refractivity contribution in [3.63, 3.8) is 0 Å². The number of ether oxygens (including phenoxy) is 1. The molecule has 0 atom stereocenters. The second kappa shape index (κ2) is 10.8. The molecule has 3 rings (SSSR count). The van der Waals surface area contributed by atoms with Gasteiger partial charge >= 0.3 is 18.2 Å². The molecular weight excluding hydrogens is 497 g/mol. The Morgan fingerprint density at radius 3 is 2.38 bits per heavy atom. The van der Waals surface area contributed by atoms with E-state index in [4.69, 9.17) is 4.74 Å². The van der Waals surface area contributed by atoms with Crippen LogP contribution in [0.25, 0.3) is 11.2 Å². The second-order valence-corrected chi connectivity index (χ2v) is 9.81. The number of hydroxylamine groups is 1. The molecule has 1 aliphatic rings. The number of alkyl halides is 3. The highest BCUT2D eigenvalue weighted by atomic mass is 19.4. The maximum absolute atomic E-state index is 13.2. The fourth-order valence-corrected chi connectivity index (χ4v) is 3.77. The Kier molecular flexibility index (Phi) is 8.11. The molecule has 0 unspecified atom stereocenters. The first kappa shape index (κ1) is 27.9. The number of carbonyl (C=O) groups is 2. The molecule has 0 radical (unpaired) electrons. The summed E-state index contributed by atoms with van der Waals surface area (Å²) in [5, 5.41) is 10.8. The minimum atomic E-state index is -5.39. The van der Waals surface area contributed by atoms with E-state index in [2.05, 4.69) is 19.8 Å². The zero-order valence-corrected chi connectivity index (χ0v) is 21.2. The van der Waals surface area contributed by atoms with Gasteiger partial charge in [-0.3, -0.25) is 0 Å². The number of hydrazine groups is 1. The quantitative estimate of drug-likeness (QED) is 0.517. The summed E-state index contributed by atoms with van der Waals surface area (Å²) in [6, 6.07) is 1.23. The topological polar surface area (TPSA) is 130 Å². The normalized spacial score (nSPS) is 14.6. The number of hydrogen-bond acceptors (Lipinski definition) is 10. The van der Waals surface area contributed by atoms with Crippen LogP contribution in [0.4, 0.5) is 23.8 Å². The number of rotatable bonds is 6. The van der Waals surface area contributed by atoms with Crippen molar-refractivity contribution in [1.29, 1.82) is 5.26 Å². The van der Waals surface area contributed by atoms with Crippen molar-refractivity contribution in [3.05, 3.63) is 12.2 Å². The molecule has 0 saturated heterocycles. The van der Waals surface area contributed by atoms with Crippen molar-refractivity contribution in [2.75, 3.05) is 25.6 Å². The number of aromatic nitrogens is 4. The zero-order valence-electron chi connectivity index (χ0n) is 21.2. The van der Waals surface area contributed by atoms with E-state index in [1.54, 1.807) is 4.57 Å². The average Bonchev–Trinajstić information content (AvgIpc) is 3.45. The van der Waals surface area contributed by atoms with E-state index >= 15 is 0 Å². The molecule has 1 aliphatic carbocycles. The number of nitrogens with zero attached hydrogens (tertiary/aromatic N) is 8. The summed E-state index contributed by atoms with van der Waals surface area (Å²) in [5.41, 5.74) is -0.785. The Bertz CT molecular complexity index is 1180. The molecule has 0 bridgehead atoms. The standard InChI is InChI=1S/C22H29F3N8O4/c1-21(2,3)36-20(35)33(37-19(34)22(23,24)25)32(14-8-6-7-9-14)18-16-17(28-15(12-26)29-18)31(13-27-16)11-10-30(4)5/h13-14H,6-11H2,1-5H3. The lowest BCUT2D eigenvalue weighted by Gasteiger charge is -2.37. The Morgan fingerprint density at radius 2 is 1.84 bits per heavy atom. The molecule has 0 aliphatic heterocycles. The van der Waals surface area contributed by atoms with Gasteiger partial charge in [0.25, 0.3) is 0 Å². The molecule has 0 spiro atoms. The minimum Gasteiger partial charge on any atom is -0.440 e. The number of fused-ring (bicyclic) bond motifs is 1. The van der Waals surface area contributed by atoms with Crippen LogP contribution in [0, 0.1) is 11.3 Å². The Labute approximate surface area is 211 Å². The number of amides is 1. The van der Waals surface area contributed by atoms with Gasteiger partial charge in [-0.1, -0.05) is 12.8 Å². The van der Waals surface area contributed by atoms with Gasteiger partial charge in [0.1, 0.15) is 11.7 Å². The number of halogens is 3. The van der Waals surface area contributed by atoms with Gasteiger partial charge in [0, 0.05) is 13.1 Å². The highest BCUT2D eigenvalue weighted by Gasteiger charge is 2.47. The van der Waals surface area contributed by atoms with Gasteiger partial charge in [-0.25, -0.2) is 19.6 Å². The third-order valence-electron chi connectivity index (χ3n) is 5.37. The Balaban J connectivity index is 2.20. The lowest BCUT2D eigenvalue weighted by Crippen LogP contribution is -2.55. The largest absolute Gasteiger partial charge is 0.493 e. The molecule has 1 saturated carbocycles. The fraction of sp³-hybridized carbons (Fsp3) is 0.636. The van der Waals surface area contributed by atoms with Crippen LogP contribution < -0.4 is 5.01 Å². The van der Waals surface area contributed by atoms with Crippen molar-refractivity contribution < 1.29 is 32.3 Å². The number of carbonyl (C=O) groups excluding carboxylic acids is 2. The van der Waals surface area contributed by atoms with Gasteiger partial charge in [0.15, 0.2) is 17.0 Å². The Morgan fingerprint density at radius 1 is 1.19 bits per heavy atom. The van der Waals surface area contributed by atoms with E-state index in [0.29, 0.717) is 38.8 Å². The van der Waals surface area contributed by atoms with Gasteiger partial charge in [-0.15, -0.1) is 0 Å². The van der Waals surface area contributed by atoms with Crippen molar-refractivity contribution >= 4 is 29.0 Å². The first-order valence-corrected chi connectivity index (χ1v) is 11.6. The van der Waals surface area contributed by atoms with E-state index < -0.39 is 29.9 Å². The number of likely N-dealkylation sites (N-methyl/N-ethyl adjacent to an activating group) is 1. The highest BCUT2D eigenvalue weighted by Crippen LogP contribution is 2.34. The number of anilines is 1. The summed E-state index contributed by atoms with van der Waals surface area (Å²) in [4.78, 5) is 44.3. The van der Waals surface area contributed by atoms with Crippen molar-refractivity contribution in [3.8, 4) is 6.07 Å². The number of nitriles is 1. The SMILES string of the molecule is CN(C)CCn1cnc2c(N(C3CCCC3)N(OC(=O)C(F)(F)F)C(=O)OC(C)(C)C)nc(C#N)nc21. The smallest absolute Gasteiger partial charge is 0.440 e. The maximum atomic E-state index is 13.2. The van der Waals surface area contributed by atoms with Crippen molar-refractivity contribution in [2.24, 2.45) is 0 Å². The summed E-state index contributed by atoms with van der Waals surface area (Å²) < 4.78 is 46.6. The van der Waals surface area contributed by atoms with E-state index in [1.165, 1.54) is 27.1 Å². The summed E-state index contributed by atoms with van der Waals surface area (Å²) >= 11 is 0. The first-order chi connectivity index (χ1) is 17.2. The van der Waals surface area contributed by atoms with Gasteiger partial charge < -0.3 is 19.0 Å². The van der Waals surface area contributed by atoms with Crippen LogP contribution in [0.2, 0.25) is 0 Å². The predicted molar refractivity (Wildman–Crippen MR) is 124 cm³/mol. The molecule has 15 heteroatoms. The van der Waals surface area contributed by atoms with Crippen molar-refractivity contribution in [2.45, 2.75) is 70.8 Å². The van der Waals surface area contributed by atoms with Crippen LogP contribution in [-0.4, -0.2) is 80.1 Å². The van der Waals surface area contributed by atoms with Crippen LogP contribution in [0.1, 0.15) is 52.3 Å². The number of hydrogen-bond donors (Lipinski definition) is 0. The number of imidazole rings is 1. The first-order valence-electron chi connectivity index (χ1n) is 11.6. The molecule has 0 aromatic carbocycles. The van der Waals surface area contributed by atoms with Gasteiger partial charge in [0.05, 0.1) is 12.4 Å². The predicted octanol–water partition coefficient (Wildman–Crippen LogP) is 3.18. The molecule has 0 N–H and O–H groups in total. The van der Waals surface area contributed by atoms with Crippen LogP contribution >= 0.6 is 0 Å². The van der Waals surface area contributed by atoms with E-state index in [-0.39, 0.29) is 28.0 Å². The van der Waals surface area contributed by atoms with E-state index in [0.717, 1.165) is 5.01 Å². The van der Waals surface area contributed by atoms with E-state index in [9.17, 15) is 28.0 Å². The molecule has 2 aromatic rings. The third kappa shape index (κ3) is 6.76. The van der Waals surface area contributed by atoms with Crippen molar-refractivity contribution in [1.82, 2.24) is 29.6 Å². The van der Waals surface area contributed by atoms with E-state index in [1.807, 2.05) is 25.1 Å². The molecule has 37 heavy (non-hydrogen) atoms. The molecule has 1 fully saturated rings. The van der Waals surface area contributed by atoms with Crippen LogP contribution in [0.5, 0.6) is 0 Å². The molecule has 202 valence electrons. The highest BCUT2D eigenvalue weighted by molar-refractivity contribution is 5.86. The minimum absolute atomic E-state index is 0.112. The lowest BCUT2D eigenvalue weighted by atomic mass is 10.2. The Hall–Kier alpha value is -3.67. The summed E-state index contributed by atoms with van der Waals surface area (Å²) in [7, 11) is 3.74. The maximum Gasteiger partial charge on any atom is 0.493 e. The molecule has 12 nitrogen and oxygen atoms in total. The molecule has 1 amide bonds. The summed E-state index contributed by atoms with van der Waals surface area (Å²) in [6.45, 7) is 5.58. The van der Waals surface area contributed by atoms with Crippen LogP contribution in [0.3, 0.4) is 0 Å². The van der Waals surface area contributed by atoms with Gasteiger partial charge in [0.2, 0.25) is 5.82 Å². The zero-order chi connectivity index (χ0) is 27.5. The van der Waals surface area contributed by atoms with Gasteiger partial charge in [-0.05, 0) is 52.9 Å². The molecule has 2 aromatic heterocycles. The second-order valence-electron chi connectivity index (χ2n) is 9.81. The van der Waals surface area contributed by atoms with Crippen LogP contribution in [0.15, 0.2) is 6.33 Å². The fourth-order valence-electron chi connectivity index (χ4n) is 3.77. The third-order valence-corrected chi connectivity index (χ3v) is 5.37. The molecular formula is C22H29F3N8O4. The van der Waals surface area contributed by atoms with Gasteiger partial charge in [-0.2, -0.15) is 28.4 Å². The molecule has 2 heterocycles. The lowest BCUT2D eigenvalue weighted by molar-refractivity contribution is -0.235. The average molecular weight is 527 g/mol.